The number of rotatable bonds is 5. The summed E-state index contributed by atoms with van der Waals surface area (Å²) in [7, 11) is 0. The molecule has 19 heavy (non-hydrogen) atoms. The minimum absolute atomic E-state index is 0.614. The molecule has 3 nitrogen and oxygen atoms in total. The van der Waals surface area contributed by atoms with Crippen LogP contribution in [0.4, 0.5) is 5.69 Å². The second kappa shape index (κ2) is 7.39. The summed E-state index contributed by atoms with van der Waals surface area (Å²) >= 11 is 0. The number of hydrogen-bond acceptors (Lipinski definition) is 3. The Morgan fingerprint density at radius 2 is 2.26 bits per heavy atom. The van der Waals surface area contributed by atoms with E-state index < -0.39 is 0 Å². The van der Waals surface area contributed by atoms with E-state index in [1.54, 1.807) is 0 Å². The van der Waals surface area contributed by atoms with E-state index >= 15 is 0 Å². The summed E-state index contributed by atoms with van der Waals surface area (Å²) in [5, 5.41) is 3.65. The molecule has 1 saturated heterocycles. The van der Waals surface area contributed by atoms with Crippen LogP contribution in [0.1, 0.15) is 33.1 Å². The van der Waals surface area contributed by atoms with E-state index in [9.17, 15) is 0 Å². The molecule has 1 fully saturated rings. The van der Waals surface area contributed by atoms with Gasteiger partial charge in [-0.2, -0.15) is 0 Å². The van der Waals surface area contributed by atoms with Crippen molar-refractivity contribution in [3.63, 3.8) is 0 Å². The summed E-state index contributed by atoms with van der Waals surface area (Å²) in [5.74, 6) is 0.976. The molecule has 106 valence electrons. The summed E-state index contributed by atoms with van der Waals surface area (Å²) in [6.45, 7) is 8.37. The van der Waals surface area contributed by atoms with Crippen LogP contribution in [0.3, 0.4) is 0 Å². The molecule has 0 bridgehead atoms. The Bertz CT molecular complexity index is 381. The third kappa shape index (κ3) is 4.13. The second-order valence-corrected chi connectivity index (χ2v) is 5.17. The molecule has 1 aliphatic rings. The molecule has 0 aromatic heterocycles. The van der Waals surface area contributed by atoms with Crippen LogP contribution in [0.2, 0.25) is 0 Å². The fourth-order valence-electron chi connectivity index (χ4n) is 2.71. The Morgan fingerprint density at radius 3 is 3.05 bits per heavy atom. The van der Waals surface area contributed by atoms with Gasteiger partial charge in [0, 0.05) is 30.9 Å². The van der Waals surface area contributed by atoms with Crippen molar-refractivity contribution in [3.8, 4) is 5.75 Å². The van der Waals surface area contributed by atoms with Gasteiger partial charge in [0.05, 0.1) is 6.61 Å². The predicted octanol–water partition coefficient (Wildman–Crippen LogP) is 3.05. The van der Waals surface area contributed by atoms with Crippen LogP contribution in [-0.4, -0.2) is 32.3 Å². The highest BCUT2D eigenvalue weighted by Gasteiger charge is 2.17. The largest absolute Gasteiger partial charge is 0.494 e. The molecule has 0 radical (unpaired) electrons. The van der Waals surface area contributed by atoms with E-state index in [1.807, 2.05) is 13.0 Å². The van der Waals surface area contributed by atoms with E-state index in [4.69, 9.17) is 4.74 Å². The average Bonchev–Trinajstić information content (AvgIpc) is 2.66. The molecule has 0 aliphatic carbocycles. The van der Waals surface area contributed by atoms with Gasteiger partial charge in [0.2, 0.25) is 0 Å². The zero-order valence-corrected chi connectivity index (χ0v) is 12.2. The predicted molar refractivity (Wildman–Crippen MR) is 81.1 cm³/mol. The molecule has 2 rings (SSSR count). The van der Waals surface area contributed by atoms with Gasteiger partial charge in [0.15, 0.2) is 0 Å². The SMILES string of the molecule is CCCC1CN(c2cccc(OCC)c2)CCCN1. The fraction of sp³-hybridized carbons (Fsp3) is 0.625. The van der Waals surface area contributed by atoms with Crippen LogP contribution >= 0.6 is 0 Å². The topological polar surface area (TPSA) is 24.5 Å². The highest BCUT2D eigenvalue weighted by Crippen LogP contribution is 2.23. The normalized spacial score (nSPS) is 20.1. The lowest BCUT2D eigenvalue weighted by Gasteiger charge is -2.26. The van der Waals surface area contributed by atoms with Crippen molar-refractivity contribution in [2.24, 2.45) is 0 Å². The van der Waals surface area contributed by atoms with E-state index in [0.717, 1.165) is 32.0 Å². The quantitative estimate of drug-likeness (QED) is 0.882. The number of ether oxygens (including phenoxy) is 1. The number of nitrogens with zero attached hydrogens (tertiary/aromatic N) is 1. The molecule has 1 unspecified atom stereocenters. The Labute approximate surface area is 116 Å². The van der Waals surface area contributed by atoms with Gasteiger partial charge in [0.1, 0.15) is 5.75 Å². The number of hydrogen-bond donors (Lipinski definition) is 1. The molecule has 0 saturated carbocycles. The molecular weight excluding hydrogens is 236 g/mol. The van der Waals surface area contributed by atoms with Crippen molar-refractivity contribution in [3.05, 3.63) is 24.3 Å². The minimum atomic E-state index is 0.614. The zero-order chi connectivity index (χ0) is 13.5. The van der Waals surface area contributed by atoms with E-state index in [1.165, 1.54) is 24.9 Å². The van der Waals surface area contributed by atoms with Crippen LogP contribution in [0.25, 0.3) is 0 Å². The summed E-state index contributed by atoms with van der Waals surface area (Å²) in [4.78, 5) is 2.49. The minimum Gasteiger partial charge on any atom is -0.494 e. The highest BCUT2D eigenvalue weighted by atomic mass is 16.5. The van der Waals surface area contributed by atoms with Crippen molar-refractivity contribution >= 4 is 5.69 Å². The highest BCUT2D eigenvalue weighted by molar-refractivity contribution is 5.51. The smallest absolute Gasteiger partial charge is 0.121 e. The summed E-state index contributed by atoms with van der Waals surface area (Å²) < 4.78 is 5.60. The zero-order valence-electron chi connectivity index (χ0n) is 12.2. The van der Waals surface area contributed by atoms with Gasteiger partial charge in [-0.1, -0.05) is 19.4 Å². The maximum Gasteiger partial charge on any atom is 0.121 e. The number of nitrogens with one attached hydrogen (secondary N) is 1. The molecule has 0 spiro atoms. The molecule has 1 aliphatic heterocycles. The van der Waals surface area contributed by atoms with Gasteiger partial charge in [-0.05, 0) is 38.4 Å². The first-order valence-corrected chi connectivity index (χ1v) is 7.54. The monoisotopic (exact) mass is 262 g/mol. The summed E-state index contributed by atoms with van der Waals surface area (Å²) in [6, 6.07) is 9.10. The summed E-state index contributed by atoms with van der Waals surface area (Å²) in [5.41, 5.74) is 1.29. The second-order valence-electron chi connectivity index (χ2n) is 5.17. The molecular formula is C16H26N2O. The van der Waals surface area contributed by atoms with Gasteiger partial charge >= 0.3 is 0 Å². The lowest BCUT2D eigenvalue weighted by atomic mass is 10.1. The van der Waals surface area contributed by atoms with E-state index in [2.05, 4.69) is 35.3 Å². The molecule has 1 atom stereocenters. The third-order valence-electron chi connectivity index (χ3n) is 3.61. The van der Waals surface area contributed by atoms with Crippen molar-refractivity contribution in [2.45, 2.75) is 39.2 Å². The number of anilines is 1. The third-order valence-corrected chi connectivity index (χ3v) is 3.61. The maximum atomic E-state index is 5.60. The maximum absolute atomic E-state index is 5.60. The first-order chi connectivity index (χ1) is 9.33. The average molecular weight is 262 g/mol. The van der Waals surface area contributed by atoms with Crippen molar-refractivity contribution in [1.29, 1.82) is 0 Å². The molecule has 1 aromatic carbocycles. The van der Waals surface area contributed by atoms with Crippen LogP contribution in [0.15, 0.2) is 24.3 Å². The first kappa shape index (κ1) is 14.2. The lowest BCUT2D eigenvalue weighted by Crippen LogP contribution is -2.37. The lowest BCUT2D eigenvalue weighted by molar-refractivity contribution is 0.340. The van der Waals surface area contributed by atoms with Crippen molar-refractivity contribution < 1.29 is 4.74 Å². The Morgan fingerprint density at radius 1 is 1.37 bits per heavy atom. The Kier molecular flexibility index (Phi) is 5.52. The molecule has 3 heteroatoms. The van der Waals surface area contributed by atoms with Crippen LogP contribution in [-0.2, 0) is 0 Å². The molecule has 0 amide bonds. The van der Waals surface area contributed by atoms with Crippen molar-refractivity contribution in [1.82, 2.24) is 5.32 Å². The van der Waals surface area contributed by atoms with Gasteiger partial charge in [0.25, 0.3) is 0 Å². The molecule has 1 aromatic rings. The Balaban J connectivity index is 2.07. The molecule has 1 heterocycles. The molecule has 1 N–H and O–H groups in total. The first-order valence-electron chi connectivity index (χ1n) is 7.54. The van der Waals surface area contributed by atoms with E-state index in [0.29, 0.717) is 6.04 Å². The van der Waals surface area contributed by atoms with Gasteiger partial charge in [-0.15, -0.1) is 0 Å². The van der Waals surface area contributed by atoms with Crippen LogP contribution in [0.5, 0.6) is 5.75 Å². The van der Waals surface area contributed by atoms with Gasteiger partial charge < -0.3 is 15.0 Å². The number of benzene rings is 1. The summed E-state index contributed by atoms with van der Waals surface area (Å²) in [6.07, 6.45) is 3.70. The Hall–Kier alpha value is -1.22. The van der Waals surface area contributed by atoms with Crippen LogP contribution < -0.4 is 15.0 Å². The van der Waals surface area contributed by atoms with Gasteiger partial charge in [-0.3, -0.25) is 0 Å². The van der Waals surface area contributed by atoms with Gasteiger partial charge in [-0.25, -0.2) is 0 Å². The van der Waals surface area contributed by atoms with Crippen LogP contribution in [0, 0.1) is 0 Å². The van der Waals surface area contributed by atoms with Crippen molar-refractivity contribution in [2.75, 3.05) is 31.1 Å². The fourth-order valence-corrected chi connectivity index (χ4v) is 2.71. The van der Waals surface area contributed by atoms with E-state index in [-0.39, 0.29) is 0 Å². The standard InChI is InChI=1S/C16H26N2O/c1-3-7-14-13-18(11-6-10-17-14)15-8-5-9-16(12-15)19-4-2/h5,8-9,12,14,17H,3-4,6-7,10-11,13H2,1-2H3.